The molecule has 0 bridgehead atoms. The second-order valence-electron chi connectivity index (χ2n) is 3.63. The van der Waals surface area contributed by atoms with Crippen LogP contribution >= 0.6 is 31.5 Å². The minimum atomic E-state index is -2.30. The lowest BCUT2D eigenvalue weighted by Gasteiger charge is -1.97. The van der Waals surface area contributed by atoms with Gasteiger partial charge in [0.05, 0.1) is 5.02 Å². The molecule has 0 N–H and O–H groups in total. The van der Waals surface area contributed by atoms with E-state index >= 15 is 0 Å². The average molecular weight is 342 g/mol. The summed E-state index contributed by atoms with van der Waals surface area (Å²) in [7, 11) is -2.30. The normalized spacial score (nSPS) is 10.6. The molecule has 1 atom stereocenters. The van der Waals surface area contributed by atoms with Gasteiger partial charge in [-0.25, -0.2) is 4.52 Å². The third kappa shape index (κ3) is 9.51. The van der Waals surface area contributed by atoms with Crippen LogP contribution < -0.4 is 4.52 Å². The number of hydrogen-bond acceptors (Lipinski definition) is 4. The number of benzene rings is 1. The topological polar surface area (TPSA) is 44.8 Å². The van der Waals surface area contributed by atoms with Gasteiger partial charge in [0.25, 0.3) is 0 Å². The van der Waals surface area contributed by atoms with Gasteiger partial charge in [0.15, 0.2) is 0 Å². The van der Waals surface area contributed by atoms with E-state index in [9.17, 15) is 4.57 Å². The Morgan fingerprint density at radius 2 is 1.80 bits per heavy atom. The summed E-state index contributed by atoms with van der Waals surface area (Å²) in [6.07, 6.45) is 2.64. The van der Waals surface area contributed by atoms with Gasteiger partial charge in [0, 0.05) is 16.2 Å². The average Bonchev–Trinajstić information content (AvgIpc) is 2.42. The highest BCUT2D eigenvalue weighted by Gasteiger charge is 2.23. The van der Waals surface area contributed by atoms with Crippen LogP contribution in [0.15, 0.2) is 18.2 Å². The molecule has 0 aliphatic heterocycles. The van der Waals surface area contributed by atoms with Crippen LogP contribution in [0.3, 0.4) is 0 Å². The molecule has 1 aromatic carbocycles. The lowest BCUT2D eigenvalue weighted by atomic mass is 10.3. The second kappa shape index (κ2) is 12.4. The number of hydrogen-bond donors (Lipinski definition) is 0. The van der Waals surface area contributed by atoms with Crippen LogP contribution in [0.5, 0.6) is 5.75 Å². The van der Waals surface area contributed by atoms with Gasteiger partial charge in [-0.1, -0.05) is 54.4 Å². The summed E-state index contributed by atoms with van der Waals surface area (Å²) in [6, 6.07) is 4.58. The zero-order chi connectivity index (χ0) is 15.4. The number of halogens is 2. The summed E-state index contributed by atoms with van der Waals surface area (Å²) in [5.74, 6) is 0.253. The van der Waals surface area contributed by atoms with Crippen LogP contribution in [0.25, 0.3) is 0 Å². The molecule has 0 heterocycles. The molecule has 0 amide bonds. The molecule has 0 aliphatic carbocycles. The van der Waals surface area contributed by atoms with Crippen LogP contribution in [0, 0.1) is 0 Å². The van der Waals surface area contributed by atoms with Crippen molar-refractivity contribution in [3.05, 3.63) is 28.2 Å². The van der Waals surface area contributed by atoms with Gasteiger partial charge < -0.3 is 4.74 Å². The first-order valence-corrected chi connectivity index (χ1v) is 8.21. The Morgan fingerprint density at radius 3 is 2.30 bits per heavy atom. The van der Waals surface area contributed by atoms with E-state index in [1.807, 2.05) is 0 Å². The summed E-state index contributed by atoms with van der Waals surface area (Å²) in [4.78, 5) is 0. The van der Waals surface area contributed by atoms with Gasteiger partial charge >= 0.3 is 8.25 Å². The van der Waals surface area contributed by atoms with E-state index in [2.05, 4.69) is 13.8 Å². The van der Waals surface area contributed by atoms with Gasteiger partial charge in [0.1, 0.15) is 0 Å². The van der Waals surface area contributed by atoms with Crippen LogP contribution in [-0.4, -0.2) is 13.4 Å². The lowest BCUT2D eigenvalue weighted by Crippen LogP contribution is -1.95. The monoisotopic (exact) mass is 341 g/mol. The molecule has 4 nitrogen and oxygen atoms in total. The van der Waals surface area contributed by atoms with E-state index in [0.717, 1.165) is 0 Å². The zero-order valence-electron chi connectivity index (χ0n) is 11.9. The second-order valence-corrected chi connectivity index (χ2v) is 5.36. The summed E-state index contributed by atoms with van der Waals surface area (Å²) in [6.45, 7) is 6.55. The summed E-state index contributed by atoms with van der Waals surface area (Å²) < 4.78 is 25.8. The Balaban J connectivity index is 0.000000796. The molecule has 114 valence electrons. The fourth-order valence-corrected chi connectivity index (χ4v) is 1.85. The van der Waals surface area contributed by atoms with E-state index in [-0.39, 0.29) is 17.6 Å². The summed E-state index contributed by atoms with van der Waals surface area (Å²) >= 11 is 11.5. The van der Waals surface area contributed by atoms with Gasteiger partial charge in [-0.05, 0) is 25.1 Å². The molecule has 0 radical (unpaired) electrons. The minimum Gasteiger partial charge on any atom is -0.351 e. The van der Waals surface area contributed by atoms with Crippen molar-refractivity contribution in [2.45, 2.75) is 33.6 Å². The number of ether oxygens (including phenoxy) is 1. The molecule has 20 heavy (non-hydrogen) atoms. The van der Waals surface area contributed by atoms with Gasteiger partial charge in [-0.3, -0.25) is 0 Å². The highest BCUT2D eigenvalue weighted by atomic mass is 35.5. The van der Waals surface area contributed by atoms with Crippen molar-refractivity contribution in [2.75, 3.05) is 13.4 Å². The van der Waals surface area contributed by atoms with Gasteiger partial charge in [-0.15, -0.1) is 0 Å². The van der Waals surface area contributed by atoms with E-state index in [1.54, 1.807) is 13.0 Å². The fraction of sp³-hybridized carbons (Fsp3) is 0.538. The Hall–Kier alpha value is -0.380. The van der Waals surface area contributed by atoms with E-state index in [4.69, 9.17) is 37.0 Å². The standard InChI is InChI=1S/C9H10Cl2O4P.C4H10/c1-2-13-6-14-16(12)15-9-4-3-7(10)5-8(9)11;1-3-4-2/h3-5H,2,6H2,1H3;3-4H2,1-2H3/q+1;. The van der Waals surface area contributed by atoms with Crippen molar-refractivity contribution >= 4 is 31.5 Å². The Morgan fingerprint density at radius 1 is 1.15 bits per heavy atom. The predicted octanol–water partition coefficient (Wildman–Crippen LogP) is 5.85. The Bertz CT molecular complexity index is 400. The first kappa shape index (κ1) is 19.6. The van der Waals surface area contributed by atoms with Crippen molar-refractivity contribution in [1.29, 1.82) is 0 Å². The smallest absolute Gasteiger partial charge is 0.351 e. The third-order valence-electron chi connectivity index (χ3n) is 2.01. The van der Waals surface area contributed by atoms with Crippen molar-refractivity contribution < 1.29 is 18.3 Å². The molecule has 0 saturated carbocycles. The quantitative estimate of drug-likeness (QED) is 0.354. The van der Waals surface area contributed by atoms with Crippen LogP contribution in [0.4, 0.5) is 0 Å². The molecule has 0 aromatic heterocycles. The zero-order valence-corrected chi connectivity index (χ0v) is 14.3. The van der Waals surface area contributed by atoms with Gasteiger partial charge in [-0.2, -0.15) is 0 Å². The largest absolute Gasteiger partial charge is 0.752 e. The molecule has 0 saturated heterocycles. The summed E-state index contributed by atoms with van der Waals surface area (Å²) in [5, 5.41) is 0.749. The molecule has 7 heteroatoms. The molecule has 1 rings (SSSR count). The first-order chi connectivity index (χ1) is 9.54. The number of rotatable bonds is 7. The van der Waals surface area contributed by atoms with Crippen LogP contribution in [0.2, 0.25) is 10.0 Å². The van der Waals surface area contributed by atoms with Crippen LogP contribution in [-0.2, 0) is 13.8 Å². The molecule has 0 spiro atoms. The highest BCUT2D eigenvalue weighted by Crippen LogP contribution is 2.34. The van der Waals surface area contributed by atoms with Crippen molar-refractivity contribution in [3.8, 4) is 5.75 Å². The maximum Gasteiger partial charge on any atom is 0.752 e. The minimum absolute atomic E-state index is 0.0864. The Kier molecular flexibility index (Phi) is 12.1. The molecule has 1 aromatic rings. The molecular formula is C13H20Cl2O4P+. The van der Waals surface area contributed by atoms with Crippen molar-refractivity contribution in [2.24, 2.45) is 0 Å². The molecular weight excluding hydrogens is 322 g/mol. The van der Waals surface area contributed by atoms with E-state index < -0.39 is 8.25 Å². The maximum absolute atomic E-state index is 11.3. The first-order valence-electron chi connectivity index (χ1n) is 6.36. The summed E-state index contributed by atoms with van der Waals surface area (Å²) in [5.41, 5.74) is 0. The van der Waals surface area contributed by atoms with E-state index in [1.165, 1.54) is 25.0 Å². The van der Waals surface area contributed by atoms with Gasteiger partial charge in [0.2, 0.25) is 12.5 Å². The third-order valence-corrected chi connectivity index (χ3v) is 3.20. The lowest BCUT2D eigenvalue weighted by molar-refractivity contribution is 0.0218. The van der Waals surface area contributed by atoms with Crippen molar-refractivity contribution in [1.82, 2.24) is 0 Å². The molecule has 0 aliphatic rings. The molecule has 0 fully saturated rings. The predicted molar refractivity (Wildman–Crippen MR) is 82.9 cm³/mol. The van der Waals surface area contributed by atoms with Crippen molar-refractivity contribution in [3.63, 3.8) is 0 Å². The number of unbranched alkanes of at least 4 members (excludes halogenated alkanes) is 1. The highest BCUT2D eigenvalue weighted by molar-refractivity contribution is 7.33. The molecule has 1 unspecified atom stereocenters. The maximum atomic E-state index is 11.3. The SMILES string of the molecule is CCCC.CCOCO[P+](=O)Oc1ccc(Cl)cc1Cl. The fourth-order valence-electron chi connectivity index (χ4n) is 0.820. The van der Waals surface area contributed by atoms with E-state index in [0.29, 0.717) is 11.6 Å². The Labute approximate surface area is 131 Å². The van der Waals surface area contributed by atoms with Crippen LogP contribution in [0.1, 0.15) is 33.6 Å².